The van der Waals surface area contributed by atoms with Crippen LogP contribution >= 0.6 is 22.7 Å². The number of nitrogens with zero attached hydrogens (tertiary/aromatic N) is 3. The Morgan fingerprint density at radius 2 is 2.00 bits per heavy atom. The smallest absolute Gasteiger partial charge is 0.374 e. The van der Waals surface area contributed by atoms with Crippen LogP contribution in [-0.4, -0.2) is 21.1 Å². The van der Waals surface area contributed by atoms with E-state index in [4.69, 9.17) is 13.7 Å². The minimum absolute atomic E-state index is 0.0900. The van der Waals surface area contributed by atoms with E-state index in [0.717, 1.165) is 15.1 Å². The van der Waals surface area contributed by atoms with E-state index in [1.54, 1.807) is 12.1 Å². The second kappa shape index (κ2) is 7.02. The van der Waals surface area contributed by atoms with Crippen molar-refractivity contribution in [2.45, 2.75) is 6.61 Å². The molecule has 5 aromatic rings. The fraction of sp³-hybridized carbons (Fsp3) is 0.0526. The molecule has 0 saturated heterocycles. The van der Waals surface area contributed by atoms with Gasteiger partial charge in [0.15, 0.2) is 17.4 Å². The molecule has 0 aliphatic carbocycles. The van der Waals surface area contributed by atoms with E-state index in [0.29, 0.717) is 16.6 Å². The zero-order valence-electron chi connectivity index (χ0n) is 14.2. The van der Waals surface area contributed by atoms with Crippen LogP contribution in [0.1, 0.15) is 16.4 Å². The summed E-state index contributed by atoms with van der Waals surface area (Å²) < 4.78 is 17.0. The molecule has 0 unspecified atom stereocenters. The number of ether oxygens (including phenoxy) is 1. The number of thiazole rings is 1. The molecule has 0 amide bonds. The number of thiophene rings is 1. The van der Waals surface area contributed by atoms with E-state index < -0.39 is 5.97 Å². The first-order valence-electron chi connectivity index (χ1n) is 8.25. The van der Waals surface area contributed by atoms with Gasteiger partial charge in [-0.25, -0.2) is 9.78 Å². The van der Waals surface area contributed by atoms with Crippen LogP contribution < -0.4 is 0 Å². The molecule has 5 rings (SSSR count). The molecule has 4 heterocycles. The molecule has 4 aromatic heterocycles. The van der Waals surface area contributed by atoms with E-state index in [1.165, 1.54) is 22.7 Å². The molecular formula is C19H11N3O4S2. The summed E-state index contributed by atoms with van der Waals surface area (Å²) in [5.41, 5.74) is 0.890. The monoisotopic (exact) mass is 409 g/mol. The Bertz CT molecular complexity index is 1220. The van der Waals surface area contributed by atoms with Crippen molar-refractivity contribution >= 4 is 38.9 Å². The fourth-order valence-electron chi connectivity index (χ4n) is 2.56. The van der Waals surface area contributed by atoms with Crippen molar-refractivity contribution in [3.05, 3.63) is 65.6 Å². The molecule has 0 aliphatic rings. The molecule has 0 N–H and O–H groups in total. The van der Waals surface area contributed by atoms with E-state index in [1.807, 2.05) is 41.8 Å². The Labute approximate surface area is 166 Å². The lowest BCUT2D eigenvalue weighted by Gasteiger charge is -1.98. The third-order valence-electron chi connectivity index (χ3n) is 3.85. The maximum Gasteiger partial charge on any atom is 0.374 e. The molecule has 0 spiro atoms. The number of carbonyl (C=O) groups is 1. The maximum atomic E-state index is 12.2. The Morgan fingerprint density at radius 1 is 1.07 bits per heavy atom. The van der Waals surface area contributed by atoms with E-state index in [-0.39, 0.29) is 18.3 Å². The summed E-state index contributed by atoms with van der Waals surface area (Å²) in [6.07, 6.45) is 0. The predicted molar refractivity (Wildman–Crippen MR) is 104 cm³/mol. The molecule has 1 aromatic carbocycles. The second-order valence-electron chi connectivity index (χ2n) is 5.72. The van der Waals surface area contributed by atoms with Gasteiger partial charge in [-0.3, -0.25) is 0 Å². The molecule has 0 fully saturated rings. The number of rotatable bonds is 5. The van der Waals surface area contributed by atoms with Crippen LogP contribution in [0.3, 0.4) is 0 Å². The summed E-state index contributed by atoms with van der Waals surface area (Å²) in [6.45, 7) is -0.131. The van der Waals surface area contributed by atoms with Gasteiger partial charge in [0.1, 0.15) is 0 Å². The highest BCUT2D eigenvalue weighted by atomic mass is 32.1. The first kappa shape index (κ1) is 16.8. The summed E-state index contributed by atoms with van der Waals surface area (Å²) >= 11 is 3.00. The molecule has 0 bridgehead atoms. The summed E-state index contributed by atoms with van der Waals surface area (Å²) in [5.74, 6) is 0.688. The maximum absolute atomic E-state index is 12.2. The van der Waals surface area contributed by atoms with E-state index in [2.05, 4.69) is 15.1 Å². The molecule has 0 atom stereocenters. The minimum atomic E-state index is -0.608. The van der Waals surface area contributed by atoms with Gasteiger partial charge in [0.2, 0.25) is 11.6 Å². The Kier molecular flexibility index (Phi) is 4.22. The lowest BCUT2D eigenvalue weighted by molar-refractivity contribution is 0.0394. The molecule has 138 valence electrons. The summed E-state index contributed by atoms with van der Waals surface area (Å²) in [5, 5.41) is 6.50. The molecule has 28 heavy (non-hydrogen) atoms. The van der Waals surface area contributed by atoms with Gasteiger partial charge < -0.3 is 13.7 Å². The van der Waals surface area contributed by atoms with Gasteiger partial charge in [-0.05, 0) is 35.7 Å². The largest absolute Gasteiger partial charge is 0.450 e. The van der Waals surface area contributed by atoms with Crippen molar-refractivity contribution < 1.29 is 18.5 Å². The Morgan fingerprint density at radius 3 is 2.86 bits per heavy atom. The van der Waals surface area contributed by atoms with Crippen LogP contribution in [0.4, 0.5) is 0 Å². The predicted octanol–water partition coefficient (Wildman–Crippen LogP) is 5.02. The minimum Gasteiger partial charge on any atom is -0.450 e. The number of hydrogen-bond donors (Lipinski definition) is 0. The SMILES string of the molecule is O=C(OCc1nc(-c2cccs2)no1)c1ccc(-c2nc3ccccc3s2)o1. The van der Waals surface area contributed by atoms with Gasteiger partial charge in [0.05, 0.1) is 15.1 Å². The topological polar surface area (TPSA) is 91.2 Å². The van der Waals surface area contributed by atoms with Crippen molar-refractivity contribution in [2.24, 2.45) is 0 Å². The quantitative estimate of drug-likeness (QED) is 0.376. The number of fused-ring (bicyclic) bond motifs is 1. The molecule has 0 radical (unpaired) electrons. The molecular weight excluding hydrogens is 398 g/mol. The Hall–Kier alpha value is -3.30. The van der Waals surface area contributed by atoms with Gasteiger partial charge in [-0.1, -0.05) is 23.4 Å². The van der Waals surface area contributed by atoms with Crippen molar-refractivity contribution in [3.8, 4) is 21.5 Å². The van der Waals surface area contributed by atoms with Gasteiger partial charge in [0, 0.05) is 0 Å². The van der Waals surface area contributed by atoms with Gasteiger partial charge >= 0.3 is 5.97 Å². The van der Waals surface area contributed by atoms with Gasteiger partial charge in [0.25, 0.3) is 5.89 Å². The van der Waals surface area contributed by atoms with Crippen LogP contribution in [0.25, 0.3) is 31.7 Å². The summed E-state index contributed by atoms with van der Waals surface area (Å²) in [6, 6.07) is 14.9. The number of benzene rings is 1. The molecule has 7 nitrogen and oxygen atoms in total. The van der Waals surface area contributed by atoms with Crippen LogP contribution in [0.2, 0.25) is 0 Å². The number of hydrogen-bond acceptors (Lipinski definition) is 9. The summed E-state index contributed by atoms with van der Waals surface area (Å²) in [7, 11) is 0. The highest BCUT2D eigenvalue weighted by molar-refractivity contribution is 7.21. The first-order chi connectivity index (χ1) is 13.8. The van der Waals surface area contributed by atoms with Crippen molar-refractivity contribution in [3.63, 3.8) is 0 Å². The normalized spacial score (nSPS) is 11.1. The highest BCUT2D eigenvalue weighted by Gasteiger charge is 2.18. The average molecular weight is 409 g/mol. The standard InChI is InChI=1S/C19H11N3O4S2/c23-19(24-10-16-21-17(22-26-16)15-6-3-9-27-15)13-8-7-12(25-13)18-20-11-4-1-2-5-14(11)28-18/h1-9H,10H2. The number of aromatic nitrogens is 3. The lowest BCUT2D eigenvalue weighted by atomic mass is 10.3. The van der Waals surface area contributed by atoms with Crippen LogP contribution in [0.15, 0.2) is 62.9 Å². The molecule has 0 saturated carbocycles. The van der Waals surface area contributed by atoms with E-state index >= 15 is 0 Å². The third-order valence-corrected chi connectivity index (χ3v) is 5.77. The van der Waals surface area contributed by atoms with Gasteiger partial charge in [-0.15, -0.1) is 22.7 Å². The van der Waals surface area contributed by atoms with Crippen LogP contribution in [0.5, 0.6) is 0 Å². The average Bonchev–Trinajstić information content (AvgIpc) is 3.51. The second-order valence-corrected chi connectivity index (χ2v) is 7.69. The summed E-state index contributed by atoms with van der Waals surface area (Å²) in [4.78, 5) is 21.9. The number of furan rings is 1. The zero-order chi connectivity index (χ0) is 18.9. The first-order valence-corrected chi connectivity index (χ1v) is 9.95. The number of para-hydroxylation sites is 1. The highest BCUT2D eigenvalue weighted by Crippen LogP contribution is 2.31. The third kappa shape index (κ3) is 3.21. The molecule has 0 aliphatic heterocycles. The lowest BCUT2D eigenvalue weighted by Crippen LogP contribution is -2.04. The van der Waals surface area contributed by atoms with Crippen LogP contribution in [-0.2, 0) is 11.3 Å². The zero-order valence-corrected chi connectivity index (χ0v) is 15.8. The van der Waals surface area contributed by atoms with E-state index in [9.17, 15) is 4.79 Å². The number of carbonyl (C=O) groups excluding carboxylic acids is 1. The molecule has 9 heteroatoms. The van der Waals surface area contributed by atoms with Crippen LogP contribution in [0, 0.1) is 0 Å². The number of esters is 1. The van der Waals surface area contributed by atoms with Crippen molar-refractivity contribution in [1.82, 2.24) is 15.1 Å². The van der Waals surface area contributed by atoms with Crippen molar-refractivity contribution in [2.75, 3.05) is 0 Å². The Balaban J connectivity index is 1.27. The van der Waals surface area contributed by atoms with Crippen molar-refractivity contribution in [1.29, 1.82) is 0 Å². The fourth-order valence-corrected chi connectivity index (χ4v) is 4.13. The van der Waals surface area contributed by atoms with Gasteiger partial charge in [-0.2, -0.15) is 4.98 Å².